The molecule has 0 saturated heterocycles. The first-order chi connectivity index (χ1) is 9.93. The predicted octanol–water partition coefficient (Wildman–Crippen LogP) is 1.32. The molecule has 0 atom stereocenters. The van der Waals surface area contributed by atoms with E-state index in [2.05, 4.69) is 10.3 Å². The fourth-order valence-corrected chi connectivity index (χ4v) is 1.91. The van der Waals surface area contributed by atoms with E-state index in [1.165, 1.54) is 0 Å². The van der Waals surface area contributed by atoms with Crippen molar-refractivity contribution in [3.63, 3.8) is 0 Å². The molecule has 106 valence electrons. The molecule has 21 heavy (non-hydrogen) atoms. The lowest BCUT2D eigenvalue weighted by atomic mass is 10.0. The highest BCUT2D eigenvalue weighted by Gasteiger charge is 2.28. The van der Waals surface area contributed by atoms with Crippen molar-refractivity contribution < 1.29 is 9.59 Å². The Hall–Kier alpha value is -2.94. The topological polar surface area (TPSA) is 85.6 Å². The Bertz CT molecular complexity index is 706. The quantitative estimate of drug-likeness (QED) is 0.829. The van der Waals surface area contributed by atoms with E-state index in [1.807, 2.05) is 31.1 Å². The van der Waals surface area contributed by atoms with Crippen molar-refractivity contribution in [3.05, 3.63) is 35.4 Å². The summed E-state index contributed by atoms with van der Waals surface area (Å²) in [6, 6.07) is 9.07. The van der Waals surface area contributed by atoms with Crippen LogP contribution >= 0.6 is 0 Å². The summed E-state index contributed by atoms with van der Waals surface area (Å²) in [4.78, 5) is 29.5. The molecule has 0 fully saturated rings. The fraction of sp³-hybridized carbons (Fsp3) is 0.200. The Balaban J connectivity index is 2.44. The highest BCUT2D eigenvalue weighted by atomic mass is 16.2. The van der Waals surface area contributed by atoms with Gasteiger partial charge in [-0.2, -0.15) is 5.26 Å². The summed E-state index contributed by atoms with van der Waals surface area (Å²) >= 11 is 0. The lowest BCUT2D eigenvalue weighted by molar-refractivity contribution is -0.125. The maximum Gasteiger partial charge on any atom is 0.277 e. The van der Waals surface area contributed by atoms with E-state index >= 15 is 0 Å². The van der Waals surface area contributed by atoms with Gasteiger partial charge in [-0.25, -0.2) is 4.99 Å². The van der Waals surface area contributed by atoms with Gasteiger partial charge in [0.1, 0.15) is 17.4 Å². The predicted molar refractivity (Wildman–Crippen MR) is 79.3 cm³/mol. The number of nitrogens with zero attached hydrogens (tertiary/aromatic N) is 3. The highest BCUT2D eigenvalue weighted by molar-refractivity contribution is 6.51. The molecule has 2 rings (SSSR count). The molecule has 1 aromatic carbocycles. The van der Waals surface area contributed by atoms with Crippen molar-refractivity contribution in [2.75, 3.05) is 19.0 Å². The first-order valence-electron chi connectivity index (χ1n) is 6.27. The number of hydrogen-bond acceptors (Lipinski definition) is 5. The standard InChI is InChI=1S/C15H14N4O2/c1-9-12(8-16)14(20)18-15(21)13(9)17-10-4-6-11(7-5-10)19(2)3/h4-7H,1-3H3,(H,18,20,21). The zero-order valence-corrected chi connectivity index (χ0v) is 12.0. The Morgan fingerprint density at radius 2 is 1.76 bits per heavy atom. The van der Waals surface area contributed by atoms with Gasteiger partial charge in [0.15, 0.2) is 0 Å². The highest BCUT2D eigenvalue weighted by Crippen LogP contribution is 2.21. The van der Waals surface area contributed by atoms with Crippen LogP contribution in [0, 0.1) is 11.3 Å². The number of rotatable bonds is 2. The molecular formula is C15H14N4O2. The van der Waals surface area contributed by atoms with E-state index in [0.29, 0.717) is 11.3 Å². The van der Waals surface area contributed by atoms with Gasteiger partial charge in [-0.05, 0) is 31.2 Å². The number of amides is 2. The van der Waals surface area contributed by atoms with E-state index in [9.17, 15) is 9.59 Å². The van der Waals surface area contributed by atoms with Crippen LogP contribution in [-0.4, -0.2) is 31.6 Å². The lowest BCUT2D eigenvalue weighted by Gasteiger charge is -2.15. The van der Waals surface area contributed by atoms with Gasteiger partial charge >= 0.3 is 0 Å². The molecular weight excluding hydrogens is 268 g/mol. The molecule has 1 aromatic rings. The molecule has 1 aliphatic rings. The molecule has 1 aliphatic heterocycles. The van der Waals surface area contributed by atoms with Gasteiger partial charge in [0, 0.05) is 25.4 Å². The summed E-state index contributed by atoms with van der Waals surface area (Å²) < 4.78 is 0. The first kappa shape index (κ1) is 14.5. The van der Waals surface area contributed by atoms with Crippen molar-refractivity contribution in [1.29, 1.82) is 5.26 Å². The third-order valence-electron chi connectivity index (χ3n) is 3.12. The Kier molecular flexibility index (Phi) is 3.85. The molecule has 1 N–H and O–H groups in total. The minimum atomic E-state index is -0.679. The molecule has 6 nitrogen and oxygen atoms in total. The molecule has 2 amide bonds. The molecule has 0 aromatic heterocycles. The van der Waals surface area contributed by atoms with E-state index in [0.717, 1.165) is 5.69 Å². The monoisotopic (exact) mass is 282 g/mol. The van der Waals surface area contributed by atoms with Gasteiger partial charge in [-0.1, -0.05) is 0 Å². The minimum absolute atomic E-state index is 0.0849. The number of carbonyl (C=O) groups excluding carboxylic acids is 2. The van der Waals surface area contributed by atoms with Crippen LogP contribution in [0.25, 0.3) is 0 Å². The Morgan fingerprint density at radius 3 is 2.29 bits per heavy atom. The second-order valence-electron chi connectivity index (χ2n) is 4.77. The summed E-state index contributed by atoms with van der Waals surface area (Å²) in [6.45, 7) is 1.54. The smallest absolute Gasteiger partial charge is 0.277 e. The number of benzene rings is 1. The molecule has 1 heterocycles. The van der Waals surface area contributed by atoms with Crippen LogP contribution in [0.1, 0.15) is 6.92 Å². The summed E-state index contributed by atoms with van der Waals surface area (Å²) in [7, 11) is 3.85. The van der Waals surface area contributed by atoms with Crippen molar-refractivity contribution in [2.24, 2.45) is 4.99 Å². The van der Waals surface area contributed by atoms with Crippen LogP contribution < -0.4 is 10.2 Å². The number of nitriles is 1. The number of nitrogens with one attached hydrogen (secondary N) is 1. The SMILES string of the molecule is CC1=C(C#N)C(=O)NC(=O)C1=Nc1ccc(N(C)C)cc1. The maximum atomic E-state index is 11.8. The van der Waals surface area contributed by atoms with Gasteiger partial charge in [-0.15, -0.1) is 0 Å². The van der Waals surface area contributed by atoms with Crippen LogP contribution in [0.2, 0.25) is 0 Å². The largest absolute Gasteiger partial charge is 0.378 e. The maximum absolute atomic E-state index is 11.8. The summed E-state index contributed by atoms with van der Waals surface area (Å²) in [5.74, 6) is -1.27. The minimum Gasteiger partial charge on any atom is -0.378 e. The Labute approximate surface area is 122 Å². The van der Waals surface area contributed by atoms with E-state index in [1.54, 1.807) is 25.1 Å². The molecule has 0 saturated carbocycles. The molecule has 0 radical (unpaired) electrons. The lowest BCUT2D eigenvalue weighted by Crippen LogP contribution is -2.42. The molecule has 0 spiro atoms. The van der Waals surface area contributed by atoms with Gasteiger partial charge in [0.05, 0.1) is 5.69 Å². The van der Waals surface area contributed by atoms with Crippen molar-refractivity contribution in [1.82, 2.24) is 5.32 Å². The molecule has 0 unspecified atom stereocenters. The number of hydrogen-bond donors (Lipinski definition) is 1. The van der Waals surface area contributed by atoms with Crippen molar-refractivity contribution in [3.8, 4) is 6.07 Å². The van der Waals surface area contributed by atoms with Gasteiger partial charge in [0.25, 0.3) is 11.8 Å². The zero-order valence-electron chi connectivity index (χ0n) is 12.0. The average molecular weight is 282 g/mol. The summed E-state index contributed by atoms with van der Waals surface area (Å²) in [5.41, 5.74) is 1.88. The number of carbonyl (C=O) groups is 2. The fourth-order valence-electron chi connectivity index (χ4n) is 1.91. The van der Waals surface area contributed by atoms with E-state index in [-0.39, 0.29) is 11.3 Å². The van der Waals surface area contributed by atoms with Crippen molar-refractivity contribution >= 4 is 28.9 Å². The second kappa shape index (κ2) is 5.59. The molecule has 0 bridgehead atoms. The third-order valence-corrected chi connectivity index (χ3v) is 3.12. The third kappa shape index (κ3) is 2.82. The summed E-state index contributed by atoms with van der Waals surface area (Å²) in [5, 5.41) is 11.1. The first-order valence-corrected chi connectivity index (χ1v) is 6.27. The number of aliphatic imine (C=N–C) groups is 1. The van der Waals surface area contributed by atoms with Gasteiger partial charge in [-0.3, -0.25) is 14.9 Å². The van der Waals surface area contributed by atoms with Crippen LogP contribution in [0.3, 0.4) is 0 Å². The number of anilines is 1. The van der Waals surface area contributed by atoms with Crippen molar-refractivity contribution in [2.45, 2.75) is 6.92 Å². The average Bonchev–Trinajstić information content (AvgIpc) is 2.44. The zero-order chi connectivity index (χ0) is 15.6. The van der Waals surface area contributed by atoms with Crippen LogP contribution in [0.15, 0.2) is 40.4 Å². The summed E-state index contributed by atoms with van der Waals surface area (Å²) in [6.07, 6.45) is 0. The van der Waals surface area contributed by atoms with Crippen LogP contribution in [0.5, 0.6) is 0 Å². The van der Waals surface area contributed by atoms with Gasteiger partial charge < -0.3 is 4.90 Å². The normalized spacial score (nSPS) is 16.8. The molecule has 0 aliphatic carbocycles. The Morgan fingerprint density at radius 1 is 1.14 bits per heavy atom. The number of imide groups is 1. The van der Waals surface area contributed by atoms with Gasteiger partial charge in [0.2, 0.25) is 0 Å². The van der Waals surface area contributed by atoms with E-state index < -0.39 is 11.8 Å². The van der Waals surface area contributed by atoms with Crippen LogP contribution in [0.4, 0.5) is 11.4 Å². The van der Waals surface area contributed by atoms with Crippen LogP contribution in [-0.2, 0) is 9.59 Å². The molecule has 6 heteroatoms. The van der Waals surface area contributed by atoms with E-state index in [4.69, 9.17) is 5.26 Å². The second-order valence-corrected chi connectivity index (χ2v) is 4.77.